The van der Waals surface area contributed by atoms with Crippen molar-refractivity contribution in [3.63, 3.8) is 0 Å². The first kappa shape index (κ1) is 17.4. The SMILES string of the molecule is CCN(CC)CC.S=C(S)NCc1cccnc1. The highest BCUT2D eigenvalue weighted by Gasteiger charge is 1.90. The summed E-state index contributed by atoms with van der Waals surface area (Å²) < 4.78 is 0.508. The summed E-state index contributed by atoms with van der Waals surface area (Å²) in [5, 5.41) is 2.92. The zero-order chi connectivity index (χ0) is 13.8. The number of thiol groups is 1. The zero-order valence-corrected chi connectivity index (χ0v) is 13.1. The molecule has 0 aliphatic rings. The smallest absolute Gasteiger partial charge is 0.130 e. The molecule has 0 bridgehead atoms. The van der Waals surface area contributed by atoms with E-state index >= 15 is 0 Å². The standard InChI is InChI=1S/C7H8N2S2.C6H15N/c10-7(11)9-5-6-2-1-3-8-4-6;1-4-7(5-2)6-3/h1-4H,5H2,(H2,9,10,11);4-6H2,1-3H3. The molecule has 0 saturated heterocycles. The first-order valence-electron chi connectivity index (χ1n) is 6.22. The molecule has 1 aromatic rings. The van der Waals surface area contributed by atoms with Crippen molar-refractivity contribution in [2.45, 2.75) is 27.3 Å². The summed E-state index contributed by atoms with van der Waals surface area (Å²) in [7, 11) is 0. The molecule has 0 unspecified atom stereocenters. The van der Waals surface area contributed by atoms with Gasteiger partial charge in [-0.05, 0) is 31.3 Å². The Balaban J connectivity index is 0.000000360. The molecule has 18 heavy (non-hydrogen) atoms. The topological polar surface area (TPSA) is 28.2 Å². The van der Waals surface area contributed by atoms with Crippen LogP contribution in [0.5, 0.6) is 0 Å². The van der Waals surface area contributed by atoms with Crippen molar-refractivity contribution >= 4 is 29.2 Å². The minimum Gasteiger partial charge on any atom is -0.367 e. The van der Waals surface area contributed by atoms with Crippen molar-refractivity contribution in [2.75, 3.05) is 19.6 Å². The summed E-state index contributed by atoms with van der Waals surface area (Å²) in [6, 6.07) is 3.87. The molecule has 5 heteroatoms. The summed E-state index contributed by atoms with van der Waals surface area (Å²) in [6.45, 7) is 10.8. The van der Waals surface area contributed by atoms with Crippen LogP contribution in [0.1, 0.15) is 26.3 Å². The molecule has 0 spiro atoms. The van der Waals surface area contributed by atoms with Crippen LogP contribution in [-0.2, 0) is 6.54 Å². The van der Waals surface area contributed by atoms with Crippen molar-refractivity contribution in [2.24, 2.45) is 0 Å². The van der Waals surface area contributed by atoms with Crippen LogP contribution in [0.3, 0.4) is 0 Å². The number of nitrogens with one attached hydrogen (secondary N) is 1. The van der Waals surface area contributed by atoms with Gasteiger partial charge in [0.25, 0.3) is 0 Å². The monoisotopic (exact) mass is 285 g/mol. The number of aromatic nitrogens is 1. The van der Waals surface area contributed by atoms with Crippen LogP contribution in [0, 0.1) is 0 Å². The van der Waals surface area contributed by atoms with E-state index in [1.807, 2.05) is 12.1 Å². The fourth-order valence-electron chi connectivity index (χ4n) is 1.35. The third kappa shape index (κ3) is 9.39. The van der Waals surface area contributed by atoms with Gasteiger partial charge in [0.2, 0.25) is 0 Å². The van der Waals surface area contributed by atoms with E-state index < -0.39 is 0 Å². The maximum atomic E-state index is 4.73. The van der Waals surface area contributed by atoms with E-state index in [0.29, 0.717) is 10.9 Å². The van der Waals surface area contributed by atoms with Gasteiger partial charge in [0.15, 0.2) is 0 Å². The molecule has 0 atom stereocenters. The van der Waals surface area contributed by atoms with E-state index in [1.165, 1.54) is 19.6 Å². The van der Waals surface area contributed by atoms with Crippen molar-refractivity contribution in [3.8, 4) is 0 Å². The number of hydrogen-bond donors (Lipinski definition) is 2. The van der Waals surface area contributed by atoms with Gasteiger partial charge in [-0.3, -0.25) is 4.98 Å². The summed E-state index contributed by atoms with van der Waals surface area (Å²) in [5.74, 6) is 0. The molecule has 0 saturated carbocycles. The number of rotatable bonds is 5. The van der Waals surface area contributed by atoms with Gasteiger partial charge in [0.05, 0.1) is 0 Å². The third-order valence-corrected chi connectivity index (χ3v) is 2.81. The minimum absolute atomic E-state index is 0.508. The number of nitrogens with zero attached hydrogens (tertiary/aromatic N) is 2. The van der Waals surface area contributed by atoms with Gasteiger partial charge in [-0.15, -0.1) is 12.6 Å². The van der Waals surface area contributed by atoms with E-state index in [0.717, 1.165) is 5.56 Å². The van der Waals surface area contributed by atoms with E-state index in [1.54, 1.807) is 12.4 Å². The van der Waals surface area contributed by atoms with Crippen LogP contribution >= 0.6 is 24.8 Å². The molecule has 1 rings (SSSR count). The molecule has 1 heterocycles. The highest BCUT2D eigenvalue weighted by atomic mass is 32.1. The molecule has 0 fully saturated rings. The molecular weight excluding hydrogens is 262 g/mol. The van der Waals surface area contributed by atoms with E-state index in [-0.39, 0.29) is 0 Å². The van der Waals surface area contributed by atoms with Crippen LogP contribution in [0.4, 0.5) is 0 Å². The first-order valence-corrected chi connectivity index (χ1v) is 7.07. The lowest BCUT2D eigenvalue weighted by molar-refractivity contribution is 0.321. The Morgan fingerprint density at radius 1 is 1.33 bits per heavy atom. The zero-order valence-electron chi connectivity index (χ0n) is 11.4. The number of thiocarbonyl (C=S) groups is 1. The summed E-state index contributed by atoms with van der Waals surface area (Å²) in [4.78, 5) is 6.33. The minimum atomic E-state index is 0.508. The van der Waals surface area contributed by atoms with E-state index in [4.69, 9.17) is 12.2 Å². The maximum Gasteiger partial charge on any atom is 0.130 e. The largest absolute Gasteiger partial charge is 0.367 e. The van der Waals surface area contributed by atoms with Gasteiger partial charge in [0, 0.05) is 18.9 Å². The van der Waals surface area contributed by atoms with Gasteiger partial charge < -0.3 is 10.2 Å². The Morgan fingerprint density at radius 3 is 2.28 bits per heavy atom. The predicted molar refractivity (Wildman–Crippen MR) is 86.1 cm³/mol. The maximum absolute atomic E-state index is 4.73. The Kier molecular flexibility index (Phi) is 11.0. The Morgan fingerprint density at radius 2 is 1.94 bits per heavy atom. The van der Waals surface area contributed by atoms with E-state index in [9.17, 15) is 0 Å². The fraction of sp³-hybridized carbons (Fsp3) is 0.538. The molecule has 0 aliphatic heterocycles. The lowest BCUT2D eigenvalue weighted by atomic mass is 10.3. The highest BCUT2D eigenvalue weighted by Crippen LogP contribution is 1.94. The van der Waals surface area contributed by atoms with Gasteiger partial charge >= 0.3 is 0 Å². The van der Waals surface area contributed by atoms with Gasteiger partial charge in [-0.25, -0.2) is 0 Å². The second kappa shape index (κ2) is 11.4. The van der Waals surface area contributed by atoms with Gasteiger partial charge in [-0.1, -0.05) is 39.1 Å². The molecule has 0 aromatic carbocycles. The molecule has 102 valence electrons. The summed E-state index contributed by atoms with van der Waals surface area (Å²) >= 11 is 8.66. The van der Waals surface area contributed by atoms with Crippen LogP contribution in [0.25, 0.3) is 0 Å². The predicted octanol–water partition coefficient (Wildman–Crippen LogP) is 2.73. The quantitative estimate of drug-likeness (QED) is 0.643. The average Bonchev–Trinajstić information content (AvgIpc) is 2.40. The summed E-state index contributed by atoms with van der Waals surface area (Å²) in [6.07, 6.45) is 3.53. The summed E-state index contributed by atoms with van der Waals surface area (Å²) in [5.41, 5.74) is 1.10. The van der Waals surface area contributed by atoms with Crippen molar-refractivity contribution in [3.05, 3.63) is 30.1 Å². The Bertz CT molecular complexity index is 308. The molecule has 3 nitrogen and oxygen atoms in total. The van der Waals surface area contributed by atoms with Crippen molar-refractivity contribution < 1.29 is 0 Å². The Labute approximate surface area is 121 Å². The van der Waals surface area contributed by atoms with Gasteiger partial charge in [0.1, 0.15) is 4.32 Å². The molecule has 0 radical (unpaired) electrons. The lowest BCUT2D eigenvalue weighted by Gasteiger charge is -2.13. The number of hydrogen-bond acceptors (Lipinski definition) is 3. The molecular formula is C13H23N3S2. The second-order valence-electron chi connectivity index (χ2n) is 3.64. The molecule has 1 N–H and O–H groups in total. The van der Waals surface area contributed by atoms with Crippen molar-refractivity contribution in [1.82, 2.24) is 15.2 Å². The third-order valence-electron chi connectivity index (χ3n) is 2.51. The van der Waals surface area contributed by atoms with Crippen LogP contribution in [-0.4, -0.2) is 33.8 Å². The van der Waals surface area contributed by atoms with Crippen LogP contribution in [0.2, 0.25) is 0 Å². The normalized spacial score (nSPS) is 9.61. The lowest BCUT2D eigenvalue weighted by Crippen LogP contribution is -2.21. The van der Waals surface area contributed by atoms with Crippen LogP contribution < -0.4 is 5.32 Å². The van der Waals surface area contributed by atoms with Gasteiger partial charge in [-0.2, -0.15) is 0 Å². The molecule has 1 aromatic heterocycles. The fourth-order valence-corrected chi connectivity index (χ4v) is 1.50. The molecule has 0 amide bonds. The number of pyridine rings is 1. The Hall–Kier alpha value is -0.650. The molecule has 0 aliphatic carbocycles. The highest BCUT2D eigenvalue weighted by molar-refractivity contribution is 8.11. The second-order valence-corrected chi connectivity index (χ2v) is 4.80. The first-order chi connectivity index (χ1) is 8.63. The van der Waals surface area contributed by atoms with Crippen molar-refractivity contribution in [1.29, 1.82) is 0 Å². The van der Waals surface area contributed by atoms with Crippen LogP contribution in [0.15, 0.2) is 24.5 Å². The van der Waals surface area contributed by atoms with E-state index in [2.05, 4.69) is 48.6 Å². The average molecular weight is 285 g/mol.